The van der Waals surface area contributed by atoms with Crippen LogP contribution in [0, 0.1) is 0 Å². The zero-order valence-electron chi connectivity index (χ0n) is 24.1. The van der Waals surface area contributed by atoms with E-state index in [0.29, 0.717) is 22.8 Å². The number of rotatable bonds is 14. The molecule has 0 fully saturated rings. The normalized spacial score (nSPS) is 11.9. The van der Waals surface area contributed by atoms with E-state index in [1.807, 2.05) is 43.3 Å². The van der Waals surface area contributed by atoms with Crippen LogP contribution < -0.4 is 9.62 Å². The molecule has 0 aliphatic rings. The number of nitrogens with one attached hydrogen (secondary N) is 1. The lowest BCUT2D eigenvalue weighted by Crippen LogP contribution is -2.53. The highest BCUT2D eigenvalue weighted by atomic mass is 35.5. The van der Waals surface area contributed by atoms with Crippen LogP contribution in [0.25, 0.3) is 0 Å². The molecule has 1 atom stereocenters. The Balaban J connectivity index is 1.77. The van der Waals surface area contributed by atoms with E-state index in [1.54, 1.807) is 66.7 Å². The van der Waals surface area contributed by atoms with Crippen molar-refractivity contribution >= 4 is 39.1 Å². The van der Waals surface area contributed by atoms with Gasteiger partial charge < -0.3 is 10.2 Å². The van der Waals surface area contributed by atoms with Gasteiger partial charge in [0.2, 0.25) is 11.8 Å². The molecule has 0 aromatic heterocycles. The van der Waals surface area contributed by atoms with Crippen LogP contribution in [0.1, 0.15) is 30.9 Å². The molecule has 0 spiro atoms. The van der Waals surface area contributed by atoms with Crippen LogP contribution >= 0.6 is 11.6 Å². The van der Waals surface area contributed by atoms with E-state index >= 15 is 0 Å². The first kappa shape index (κ1) is 31.8. The monoisotopic (exact) mass is 617 g/mol. The molecule has 0 bridgehead atoms. The first-order valence-corrected chi connectivity index (χ1v) is 16.1. The minimum atomic E-state index is -4.13. The SMILES string of the molecule is CCCCNC(=O)[C@@H](Cc1ccccc1)N(Cc1ccccc1Cl)C(=O)CN(c1ccccc1)S(=O)(=O)c1ccccc1. The third kappa shape index (κ3) is 8.46. The predicted octanol–water partition coefficient (Wildman–Crippen LogP) is 6.09. The maximum absolute atomic E-state index is 14.4. The van der Waals surface area contributed by atoms with Crippen LogP contribution in [0.15, 0.2) is 120 Å². The summed E-state index contributed by atoms with van der Waals surface area (Å²) in [6.45, 7) is 2.00. The van der Waals surface area contributed by atoms with Crippen LogP contribution in [0.5, 0.6) is 0 Å². The number of halogens is 1. The quantitative estimate of drug-likeness (QED) is 0.174. The van der Waals surface area contributed by atoms with E-state index in [-0.39, 0.29) is 23.8 Å². The van der Waals surface area contributed by atoms with E-state index < -0.39 is 28.5 Å². The minimum Gasteiger partial charge on any atom is -0.354 e. The number of nitrogens with zero attached hydrogens (tertiary/aromatic N) is 2. The first-order valence-electron chi connectivity index (χ1n) is 14.3. The Morgan fingerprint density at radius 1 is 0.814 bits per heavy atom. The summed E-state index contributed by atoms with van der Waals surface area (Å²) in [6.07, 6.45) is 1.93. The Kier molecular flexibility index (Phi) is 11.4. The van der Waals surface area contributed by atoms with Gasteiger partial charge in [0.25, 0.3) is 10.0 Å². The molecule has 43 heavy (non-hydrogen) atoms. The number of anilines is 1. The minimum absolute atomic E-state index is 0.0191. The number of amides is 2. The molecule has 9 heteroatoms. The largest absolute Gasteiger partial charge is 0.354 e. The number of carbonyl (C=O) groups is 2. The van der Waals surface area contributed by atoms with Crippen molar-refractivity contribution < 1.29 is 18.0 Å². The summed E-state index contributed by atoms with van der Waals surface area (Å²) in [5.41, 5.74) is 1.85. The Morgan fingerprint density at radius 2 is 1.40 bits per heavy atom. The molecule has 0 aliphatic carbocycles. The number of hydrogen-bond acceptors (Lipinski definition) is 4. The van der Waals surface area contributed by atoms with Gasteiger partial charge in [-0.15, -0.1) is 0 Å². The molecule has 0 saturated carbocycles. The molecule has 0 unspecified atom stereocenters. The summed E-state index contributed by atoms with van der Waals surface area (Å²) in [7, 11) is -4.13. The third-order valence-electron chi connectivity index (χ3n) is 7.05. The van der Waals surface area contributed by atoms with Gasteiger partial charge in [-0.1, -0.05) is 110 Å². The van der Waals surface area contributed by atoms with Crippen molar-refractivity contribution in [3.05, 3.63) is 131 Å². The van der Waals surface area contributed by atoms with Gasteiger partial charge >= 0.3 is 0 Å². The van der Waals surface area contributed by atoms with Gasteiger partial charge in [-0.05, 0) is 47.9 Å². The predicted molar refractivity (Wildman–Crippen MR) is 171 cm³/mol. The number of para-hydroxylation sites is 1. The molecule has 0 aliphatic heterocycles. The maximum atomic E-state index is 14.4. The second-order valence-corrected chi connectivity index (χ2v) is 12.4. The first-order chi connectivity index (χ1) is 20.8. The van der Waals surface area contributed by atoms with E-state index in [2.05, 4.69) is 5.32 Å². The van der Waals surface area contributed by atoms with Crippen molar-refractivity contribution in [2.24, 2.45) is 0 Å². The van der Waals surface area contributed by atoms with Gasteiger partial charge in [-0.3, -0.25) is 13.9 Å². The maximum Gasteiger partial charge on any atom is 0.264 e. The molecule has 224 valence electrons. The summed E-state index contributed by atoms with van der Waals surface area (Å²) in [6, 6.07) is 32.2. The summed E-state index contributed by atoms with van der Waals surface area (Å²) in [5, 5.41) is 3.43. The van der Waals surface area contributed by atoms with Crippen molar-refractivity contribution in [1.29, 1.82) is 0 Å². The number of benzene rings is 4. The van der Waals surface area contributed by atoms with Crippen LogP contribution in [0.3, 0.4) is 0 Å². The Labute approximate surface area is 259 Å². The lowest BCUT2D eigenvalue weighted by Gasteiger charge is -2.34. The van der Waals surface area contributed by atoms with Gasteiger partial charge in [-0.25, -0.2) is 8.42 Å². The topological polar surface area (TPSA) is 86.8 Å². The molecule has 7 nitrogen and oxygen atoms in total. The van der Waals surface area contributed by atoms with Crippen LogP contribution in [0.2, 0.25) is 5.02 Å². The van der Waals surface area contributed by atoms with Crippen molar-refractivity contribution in [3.8, 4) is 0 Å². The van der Waals surface area contributed by atoms with Gasteiger partial charge in [0.15, 0.2) is 0 Å². The second kappa shape index (κ2) is 15.4. The fourth-order valence-corrected chi connectivity index (χ4v) is 6.34. The summed E-state index contributed by atoms with van der Waals surface area (Å²) >= 11 is 6.53. The smallest absolute Gasteiger partial charge is 0.264 e. The number of hydrogen-bond donors (Lipinski definition) is 1. The average Bonchev–Trinajstić information content (AvgIpc) is 3.03. The number of unbranched alkanes of at least 4 members (excludes halogenated alkanes) is 1. The molecule has 1 N–H and O–H groups in total. The second-order valence-electron chi connectivity index (χ2n) is 10.1. The molecule has 4 aromatic carbocycles. The zero-order chi connectivity index (χ0) is 30.7. The Morgan fingerprint density at radius 3 is 2.02 bits per heavy atom. The van der Waals surface area contributed by atoms with Gasteiger partial charge in [0.05, 0.1) is 10.6 Å². The molecule has 0 heterocycles. The average molecular weight is 618 g/mol. The molecule has 0 radical (unpaired) electrons. The van der Waals surface area contributed by atoms with E-state index in [4.69, 9.17) is 11.6 Å². The molecule has 0 saturated heterocycles. The van der Waals surface area contributed by atoms with Crippen molar-refractivity contribution in [2.75, 3.05) is 17.4 Å². The van der Waals surface area contributed by atoms with E-state index in [0.717, 1.165) is 22.7 Å². The van der Waals surface area contributed by atoms with Crippen LogP contribution in [-0.2, 0) is 32.6 Å². The molecule has 2 amide bonds. The molecule has 4 rings (SSSR count). The molecule has 4 aromatic rings. The summed E-state index contributed by atoms with van der Waals surface area (Å²) in [4.78, 5) is 29.6. The zero-order valence-corrected chi connectivity index (χ0v) is 25.7. The highest BCUT2D eigenvalue weighted by molar-refractivity contribution is 7.92. The van der Waals surface area contributed by atoms with Gasteiger partial charge in [0.1, 0.15) is 12.6 Å². The lowest BCUT2D eigenvalue weighted by molar-refractivity contribution is -0.140. The highest BCUT2D eigenvalue weighted by Crippen LogP contribution is 2.26. The summed E-state index contributed by atoms with van der Waals surface area (Å²) < 4.78 is 29.0. The van der Waals surface area contributed by atoms with E-state index in [1.165, 1.54) is 17.0 Å². The third-order valence-corrected chi connectivity index (χ3v) is 9.21. The lowest BCUT2D eigenvalue weighted by atomic mass is 10.0. The van der Waals surface area contributed by atoms with Crippen molar-refractivity contribution in [2.45, 2.75) is 43.7 Å². The Bertz CT molecular complexity index is 1590. The fourth-order valence-electron chi connectivity index (χ4n) is 4.71. The highest BCUT2D eigenvalue weighted by Gasteiger charge is 2.34. The Hall–Kier alpha value is -4.14. The van der Waals surface area contributed by atoms with Crippen molar-refractivity contribution in [3.63, 3.8) is 0 Å². The van der Waals surface area contributed by atoms with E-state index in [9.17, 15) is 18.0 Å². The van der Waals surface area contributed by atoms with Crippen LogP contribution in [0.4, 0.5) is 5.69 Å². The van der Waals surface area contributed by atoms with Crippen molar-refractivity contribution in [1.82, 2.24) is 10.2 Å². The summed E-state index contributed by atoms with van der Waals surface area (Å²) in [5.74, 6) is -0.843. The fraction of sp³-hybridized carbons (Fsp3) is 0.235. The molecular formula is C34H36ClN3O4S. The van der Waals surface area contributed by atoms with Crippen LogP contribution in [-0.4, -0.2) is 44.3 Å². The standard InChI is InChI=1S/C34H36ClN3O4S/c1-2-3-23-36-34(40)32(24-27-15-7-4-8-16-27)37(25-28-17-13-14-22-31(28)35)33(39)26-38(29-18-9-5-10-19-29)43(41,42)30-20-11-6-12-21-30/h4-22,32H,2-3,23-26H2,1H3,(H,36,40)/t32-/m1/s1. The number of carbonyl (C=O) groups excluding carboxylic acids is 2. The van der Waals surface area contributed by atoms with Gasteiger partial charge in [0, 0.05) is 24.5 Å². The molecular weight excluding hydrogens is 582 g/mol. The number of sulfonamides is 1. The van der Waals surface area contributed by atoms with Gasteiger partial charge in [-0.2, -0.15) is 0 Å².